The molecule has 0 unspecified atom stereocenters. The minimum absolute atomic E-state index is 0.305. The van der Waals surface area contributed by atoms with Crippen LogP contribution in [0.5, 0.6) is 11.6 Å². The summed E-state index contributed by atoms with van der Waals surface area (Å²) in [6.45, 7) is 0. The second kappa shape index (κ2) is 5.27. The van der Waals surface area contributed by atoms with Crippen LogP contribution in [0.3, 0.4) is 0 Å². The van der Waals surface area contributed by atoms with Crippen LogP contribution in [0.15, 0.2) is 36.4 Å². The van der Waals surface area contributed by atoms with Gasteiger partial charge in [-0.05, 0) is 18.2 Å². The van der Waals surface area contributed by atoms with Crippen molar-refractivity contribution in [2.75, 3.05) is 24.7 Å². The largest absolute Gasteiger partial charge is 0.437 e. The molecular formula is C14H14N4O. The monoisotopic (exact) mass is 254 g/mol. The van der Waals surface area contributed by atoms with Crippen LogP contribution in [0, 0.1) is 11.3 Å². The smallest absolute Gasteiger partial charge is 0.220 e. The van der Waals surface area contributed by atoms with E-state index in [1.807, 2.05) is 37.2 Å². The minimum atomic E-state index is 0.305. The van der Waals surface area contributed by atoms with Crippen molar-refractivity contribution < 1.29 is 4.74 Å². The lowest BCUT2D eigenvalue weighted by atomic mass is 10.2. The number of nitrogen functional groups attached to an aromatic ring is 1. The van der Waals surface area contributed by atoms with Crippen LogP contribution < -0.4 is 15.4 Å². The van der Waals surface area contributed by atoms with Gasteiger partial charge in [0, 0.05) is 31.9 Å². The van der Waals surface area contributed by atoms with Crippen molar-refractivity contribution in [2.24, 2.45) is 0 Å². The highest BCUT2D eigenvalue weighted by molar-refractivity contribution is 5.62. The maximum absolute atomic E-state index is 8.80. The lowest BCUT2D eigenvalue weighted by Crippen LogP contribution is -2.08. The molecule has 2 rings (SSSR count). The molecule has 96 valence electrons. The Morgan fingerprint density at radius 2 is 2.05 bits per heavy atom. The van der Waals surface area contributed by atoms with Gasteiger partial charge in [-0.3, -0.25) is 0 Å². The molecule has 0 amide bonds. The number of anilines is 2. The molecule has 0 saturated heterocycles. The van der Waals surface area contributed by atoms with Crippen molar-refractivity contribution in [3.63, 3.8) is 0 Å². The summed E-state index contributed by atoms with van der Waals surface area (Å²) in [7, 11) is 3.87. The third kappa shape index (κ3) is 2.93. The van der Waals surface area contributed by atoms with Gasteiger partial charge in [0.25, 0.3) is 0 Å². The maximum atomic E-state index is 8.80. The highest BCUT2D eigenvalue weighted by Gasteiger charge is 2.06. The number of rotatable bonds is 3. The van der Waals surface area contributed by atoms with Crippen LogP contribution in [0.25, 0.3) is 0 Å². The fraction of sp³-hybridized carbons (Fsp3) is 0.143. The zero-order chi connectivity index (χ0) is 13.8. The van der Waals surface area contributed by atoms with Crippen LogP contribution >= 0.6 is 0 Å². The van der Waals surface area contributed by atoms with Gasteiger partial charge in [0.15, 0.2) is 5.75 Å². The fourth-order valence-corrected chi connectivity index (χ4v) is 1.54. The van der Waals surface area contributed by atoms with E-state index in [0.29, 0.717) is 23.0 Å². The third-order valence-electron chi connectivity index (χ3n) is 2.57. The lowest BCUT2D eigenvalue weighted by Gasteiger charge is -2.15. The van der Waals surface area contributed by atoms with E-state index in [-0.39, 0.29) is 0 Å². The van der Waals surface area contributed by atoms with Crippen LogP contribution in [-0.2, 0) is 0 Å². The van der Waals surface area contributed by atoms with Crippen molar-refractivity contribution >= 4 is 11.4 Å². The summed E-state index contributed by atoms with van der Waals surface area (Å²) >= 11 is 0. The Hall–Kier alpha value is -2.74. The third-order valence-corrected chi connectivity index (χ3v) is 2.57. The highest BCUT2D eigenvalue weighted by atomic mass is 16.5. The minimum Gasteiger partial charge on any atom is -0.437 e. The van der Waals surface area contributed by atoms with Crippen molar-refractivity contribution in [3.05, 3.63) is 42.1 Å². The van der Waals surface area contributed by atoms with E-state index < -0.39 is 0 Å². The van der Waals surface area contributed by atoms with Gasteiger partial charge in [-0.1, -0.05) is 6.07 Å². The van der Waals surface area contributed by atoms with Gasteiger partial charge >= 0.3 is 0 Å². The molecule has 5 heteroatoms. The van der Waals surface area contributed by atoms with Crippen molar-refractivity contribution in [3.8, 4) is 17.7 Å². The zero-order valence-corrected chi connectivity index (χ0v) is 10.8. The average Bonchev–Trinajstić information content (AvgIpc) is 2.41. The molecule has 0 aliphatic rings. The molecule has 0 fully saturated rings. The maximum Gasteiger partial charge on any atom is 0.220 e. The van der Waals surface area contributed by atoms with Crippen LogP contribution in [0.1, 0.15) is 5.69 Å². The first kappa shape index (κ1) is 12.7. The van der Waals surface area contributed by atoms with Gasteiger partial charge < -0.3 is 15.4 Å². The van der Waals surface area contributed by atoms with E-state index in [9.17, 15) is 0 Å². The molecule has 2 N–H and O–H groups in total. The molecule has 19 heavy (non-hydrogen) atoms. The molecule has 0 spiro atoms. The number of aromatic nitrogens is 1. The lowest BCUT2D eigenvalue weighted by molar-refractivity contribution is 0.465. The Labute approximate surface area is 111 Å². The van der Waals surface area contributed by atoms with Gasteiger partial charge in [-0.25, -0.2) is 4.98 Å². The van der Waals surface area contributed by atoms with Crippen LogP contribution in [0.4, 0.5) is 11.4 Å². The number of nitriles is 1. The summed E-state index contributed by atoms with van der Waals surface area (Å²) < 4.78 is 5.63. The summed E-state index contributed by atoms with van der Waals surface area (Å²) in [5, 5.41) is 8.80. The summed E-state index contributed by atoms with van der Waals surface area (Å²) in [6, 6.07) is 12.5. The molecule has 0 saturated carbocycles. The second-order valence-corrected chi connectivity index (χ2v) is 4.19. The number of nitrogens with zero attached hydrogens (tertiary/aromatic N) is 3. The second-order valence-electron chi connectivity index (χ2n) is 4.19. The number of hydrogen-bond acceptors (Lipinski definition) is 5. The Morgan fingerprint density at radius 1 is 1.26 bits per heavy atom. The predicted molar refractivity (Wildman–Crippen MR) is 74.2 cm³/mol. The van der Waals surface area contributed by atoms with Gasteiger partial charge in [-0.15, -0.1) is 0 Å². The van der Waals surface area contributed by atoms with E-state index in [2.05, 4.69) is 4.98 Å². The number of nitrogens with two attached hydrogens (primary N) is 1. The molecule has 0 atom stereocenters. The Bertz CT molecular complexity index is 632. The molecule has 1 aromatic heterocycles. The number of benzene rings is 1. The number of hydrogen-bond donors (Lipinski definition) is 1. The molecule has 5 nitrogen and oxygen atoms in total. The molecule has 0 aliphatic carbocycles. The summed E-state index contributed by atoms with van der Waals surface area (Å²) in [6.07, 6.45) is 0. The molecule has 0 radical (unpaired) electrons. The number of ether oxygens (including phenoxy) is 1. The van der Waals surface area contributed by atoms with E-state index in [1.54, 1.807) is 24.3 Å². The quantitative estimate of drug-likeness (QED) is 0.851. The van der Waals surface area contributed by atoms with Gasteiger partial charge in [0.05, 0.1) is 5.69 Å². The molecule has 0 bridgehead atoms. The fourth-order valence-electron chi connectivity index (χ4n) is 1.54. The van der Waals surface area contributed by atoms with Crippen molar-refractivity contribution in [2.45, 2.75) is 0 Å². The normalized spacial score (nSPS) is 9.74. The molecule has 1 heterocycles. The average molecular weight is 254 g/mol. The SMILES string of the molecule is CN(C)c1ccc(N)c(Oc2cccc(C#N)n2)c1. The Balaban J connectivity index is 2.32. The van der Waals surface area contributed by atoms with E-state index in [4.69, 9.17) is 15.7 Å². The van der Waals surface area contributed by atoms with Crippen molar-refractivity contribution in [1.29, 1.82) is 5.26 Å². The summed E-state index contributed by atoms with van der Waals surface area (Å²) in [4.78, 5) is 6.00. The van der Waals surface area contributed by atoms with Gasteiger partial charge in [-0.2, -0.15) is 5.26 Å². The van der Waals surface area contributed by atoms with Gasteiger partial charge in [0.1, 0.15) is 11.8 Å². The molecular weight excluding hydrogens is 240 g/mol. The van der Waals surface area contributed by atoms with Crippen LogP contribution in [-0.4, -0.2) is 19.1 Å². The number of pyridine rings is 1. The van der Waals surface area contributed by atoms with Crippen LogP contribution in [0.2, 0.25) is 0 Å². The molecule has 0 aliphatic heterocycles. The molecule has 2 aromatic rings. The predicted octanol–water partition coefficient (Wildman–Crippen LogP) is 2.39. The van der Waals surface area contributed by atoms with E-state index >= 15 is 0 Å². The van der Waals surface area contributed by atoms with E-state index in [0.717, 1.165) is 5.69 Å². The first-order valence-corrected chi connectivity index (χ1v) is 5.72. The summed E-state index contributed by atoms with van der Waals surface area (Å²) in [5.74, 6) is 0.871. The Kier molecular flexibility index (Phi) is 3.53. The summed E-state index contributed by atoms with van der Waals surface area (Å²) in [5.41, 5.74) is 7.67. The Morgan fingerprint density at radius 3 is 2.74 bits per heavy atom. The molecule has 1 aromatic carbocycles. The first-order chi connectivity index (χ1) is 9.10. The highest BCUT2D eigenvalue weighted by Crippen LogP contribution is 2.30. The zero-order valence-electron chi connectivity index (χ0n) is 10.8. The topological polar surface area (TPSA) is 75.2 Å². The van der Waals surface area contributed by atoms with Crippen molar-refractivity contribution in [1.82, 2.24) is 4.98 Å². The van der Waals surface area contributed by atoms with E-state index in [1.165, 1.54) is 0 Å². The first-order valence-electron chi connectivity index (χ1n) is 5.72. The van der Waals surface area contributed by atoms with Gasteiger partial charge in [0.2, 0.25) is 5.88 Å². The standard InChI is InChI=1S/C14H14N4O/c1-18(2)11-6-7-12(16)13(8-11)19-14-5-3-4-10(9-15)17-14/h3-8H,16H2,1-2H3.